The van der Waals surface area contributed by atoms with E-state index in [0.29, 0.717) is 22.8 Å². The molecule has 0 bridgehead atoms. The van der Waals surface area contributed by atoms with Crippen molar-refractivity contribution >= 4 is 5.91 Å². The summed E-state index contributed by atoms with van der Waals surface area (Å²) < 4.78 is 36.7. The van der Waals surface area contributed by atoms with E-state index >= 15 is 0 Å². The highest BCUT2D eigenvalue weighted by atomic mass is 19.1. The standard InChI is InChI=1S/C24H23FN4O5/c1-31-19-10-9-15(12-17(19)25)23-27-24(34-28-23)18-7-5-11-29(18)14-21(30)26-13-16-6-4-8-20(32-2)22(16)33-3/h4-12H,13-14H2,1-3H3,(H,26,30). The van der Waals surface area contributed by atoms with Gasteiger partial charge in [0.25, 0.3) is 5.89 Å². The van der Waals surface area contributed by atoms with Crippen molar-refractivity contribution in [1.82, 2.24) is 20.0 Å². The molecule has 0 saturated heterocycles. The van der Waals surface area contributed by atoms with Gasteiger partial charge in [-0.1, -0.05) is 17.3 Å². The molecule has 0 saturated carbocycles. The van der Waals surface area contributed by atoms with Crippen LogP contribution in [0, 0.1) is 5.82 Å². The van der Waals surface area contributed by atoms with Crippen LogP contribution in [-0.4, -0.2) is 41.9 Å². The van der Waals surface area contributed by atoms with Gasteiger partial charge in [0.2, 0.25) is 11.7 Å². The number of hydrogen-bond donors (Lipinski definition) is 1. The van der Waals surface area contributed by atoms with Crippen molar-refractivity contribution in [3.63, 3.8) is 0 Å². The SMILES string of the molecule is COc1ccc(-c2noc(-c3cccn3CC(=O)NCc3cccc(OC)c3OC)n2)cc1F. The fourth-order valence-electron chi connectivity index (χ4n) is 3.49. The molecule has 0 unspecified atom stereocenters. The summed E-state index contributed by atoms with van der Waals surface area (Å²) in [6.07, 6.45) is 1.73. The Morgan fingerprint density at radius 2 is 1.88 bits per heavy atom. The average molecular weight is 466 g/mol. The van der Waals surface area contributed by atoms with Gasteiger partial charge in [0.1, 0.15) is 12.2 Å². The van der Waals surface area contributed by atoms with E-state index < -0.39 is 5.82 Å². The van der Waals surface area contributed by atoms with Crippen molar-refractivity contribution in [3.05, 3.63) is 66.1 Å². The summed E-state index contributed by atoms with van der Waals surface area (Å²) in [5.41, 5.74) is 1.79. The monoisotopic (exact) mass is 466 g/mol. The van der Waals surface area contributed by atoms with Gasteiger partial charge in [-0.05, 0) is 36.4 Å². The fraction of sp³-hybridized carbons (Fsp3) is 0.208. The van der Waals surface area contributed by atoms with Crippen LogP contribution in [-0.2, 0) is 17.9 Å². The lowest BCUT2D eigenvalue weighted by atomic mass is 10.2. The predicted molar refractivity (Wildman–Crippen MR) is 121 cm³/mol. The van der Waals surface area contributed by atoms with Gasteiger partial charge in [-0.3, -0.25) is 4.79 Å². The molecule has 0 aliphatic heterocycles. The lowest BCUT2D eigenvalue weighted by molar-refractivity contribution is -0.121. The van der Waals surface area contributed by atoms with Crippen LogP contribution in [0.25, 0.3) is 23.0 Å². The van der Waals surface area contributed by atoms with Gasteiger partial charge in [-0.2, -0.15) is 4.98 Å². The summed E-state index contributed by atoms with van der Waals surface area (Å²) in [6, 6.07) is 13.4. The zero-order valence-electron chi connectivity index (χ0n) is 18.9. The third-order valence-corrected chi connectivity index (χ3v) is 5.16. The summed E-state index contributed by atoms with van der Waals surface area (Å²) in [6.45, 7) is 0.299. The molecule has 0 radical (unpaired) electrons. The molecule has 1 amide bonds. The van der Waals surface area contributed by atoms with Gasteiger partial charge in [-0.25, -0.2) is 4.39 Å². The molecule has 0 spiro atoms. The number of ether oxygens (including phenoxy) is 3. The number of nitrogens with zero attached hydrogens (tertiary/aromatic N) is 3. The minimum atomic E-state index is -0.529. The molecule has 2 aromatic carbocycles. The Morgan fingerprint density at radius 1 is 1.06 bits per heavy atom. The first-order valence-electron chi connectivity index (χ1n) is 10.3. The first-order valence-corrected chi connectivity index (χ1v) is 10.3. The fourth-order valence-corrected chi connectivity index (χ4v) is 3.49. The molecule has 176 valence electrons. The highest BCUT2D eigenvalue weighted by molar-refractivity contribution is 5.76. The van der Waals surface area contributed by atoms with Crippen molar-refractivity contribution in [2.75, 3.05) is 21.3 Å². The van der Waals surface area contributed by atoms with Crippen molar-refractivity contribution < 1.29 is 27.9 Å². The summed E-state index contributed by atoms with van der Waals surface area (Å²) in [5, 5.41) is 6.81. The minimum absolute atomic E-state index is 0.0312. The Balaban J connectivity index is 1.46. The zero-order valence-corrected chi connectivity index (χ0v) is 18.9. The molecule has 0 fully saturated rings. The molecule has 1 N–H and O–H groups in total. The molecular formula is C24H23FN4O5. The number of carbonyl (C=O) groups is 1. The molecule has 10 heteroatoms. The van der Waals surface area contributed by atoms with E-state index in [9.17, 15) is 9.18 Å². The Labute approximate surface area is 195 Å². The Hall–Kier alpha value is -4.34. The second-order valence-electron chi connectivity index (χ2n) is 7.22. The van der Waals surface area contributed by atoms with Crippen molar-refractivity contribution in [2.45, 2.75) is 13.1 Å². The Morgan fingerprint density at radius 3 is 2.62 bits per heavy atom. The van der Waals surface area contributed by atoms with E-state index in [1.54, 1.807) is 49.2 Å². The molecule has 34 heavy (non-hydrogen) atoms. The van der Waals surface area contributed by atoms with Gasteiger partial charge >= 0.3 is 0 Å². The highest BCUT2D eigenvalue weighted by Gasteiger charge is 2.17. The highest BCUT2D eigenvalue weighted by Crippen LogP contribution is 2.30. The van der Waals surface area contributed by atoms with E-state index in [1.807, 2.05) is 12.1 Å². The van der Waals surface area contributed by atoms with Crippen LogP contribution >= 0.6 is 0 Å². The lowest BCUT2D eigenvalue weighted by Gasteiger charge is -2.13. The van der Waals surface area contributed by atoms with Gasteiger partial charge in [0.15, 0.2) is 23.1 Å². The van der Waals surface area contributed by atoms with Crippen molar-refractivity contribution in [1.29, 1.82) is 0 Å². The number of methoxy groups -OCH3 is 3. The topological polar surface area (TPSA) is 101 Å². The van der Waals surface area contributed by atoms with E-state index in [1.165, 1.54) is 19.2 Å². The van der Waals surface area contributed by atoms with Gasteiger partial charge in [0.05, 0.1) is 21.3 Å². The number of carbonyl (C=O) groups excluding carboxylic acids is 1. The maximum Gasteiger partial charge on any atom is 0.274 e. The molecule has 9 nitrogen and oxygen atoms in total. The van der Waals surface area contributed by atoms with Crippen LogP contribution in [0.15, 0.2) is 59.3 Å². The molecule has 4 rings (SSSR count). The largest absolute Gasteiger partial charge is 0.494 e. The Bertz CT molecular complexity index is 1300. The molecule has 0 aliphatic rings. The smallest absolute Gasteiger partial charge is 0.274 e. The maximum atomic E-state index is 14.0. The van der Waals surface area contributed by atoms with E-state index in [4.69, 9.17) is 18.7 Å². The van der Waals surface area contributed by atoms with Crippen LogP contribution in [0.4, 0.5) is 4.39 Å². The number of rotatable bonds is 9. The molecular weight excluding hydrogens is 443 g/mol. The number of hydrogen-bond acceptors (Lipinski definition) is 7. The van der Waals surface area contributed by atoms with Gasteiger partial charge < -0.3 is 28.6 Å². The first kappa shape index (κ1) is 22.8. The van der Waals surface area contributed by atoms with Crippen molar-refractivity contribution in [3.8, 4) is 40.2 Å². The summed E-state index contributed by atoms with van der Waals surface area (Å²) in [5.74, 6) is 0.959. The van der Waals surface area contributed by atoms with Gasteiger partial charge in [0, 0.05) is 23.9 Å². The van der Waals surface area contributed by atoms with Crippen LogP contribution in [0.3, 0.4) is 0 Å². The average Bonchev–Trinajstić information content (AvgIpc) is 3.52. The number of benzene rings is 2. The third kappa shape index (κ3) is 4.70. The summed E-state index contributed by atoms with van der Waals surface area (Å²) in [4.78, 5) is 17.0. The lowest BCUT2D eigenvalue weighted by Crippen LogP contribution is -2.27. The predicted octanol–water partition coefficient (Wildman–Crippen LogP) is 3.69. The number of aromatic nitrogens is 3. The molecule has 2 aromatic heterocycles. The Kier molecular flexibility index (Phi) is 6.77. The molecule has 4 aromatic rings. The summed E-state index contributed by atoms with van der Waals surface area (Å²) in [7, 11) is 4.50. The maximum absolute atomic E-state index is 14.0. The minimum Gasteiger partial charge on any atom is -0.494 e. The molecule has 2 heterocycles. The normalized spacial score (nSPS) is 10.7. The molecule has 0 aliphatic carbocycles. The number of para-hydroxylation sites is 1. The third-order valence-electron chi connectivity index (χ3n) is 5.16. The van der Waals surface area contributed by atoms with Crippen molar-refractivity contribution in [2.24, 2.45) is 0 Å². The van der Waals surface area contributed by atoms with Gasteiger partial charge in [-0.15, -0.1) is 0 Å². The second-order valence-corrected chi connectivity index (χ2v) is 7.22. The van der Waals surface area contributed by atoms with E-state index in [0.717, 1.165) is 5.56 Å². The van der Waals surface area contributed by atoms with Crippen LogP contribution in [0.1, 0.15) is 5.56 Å². The first-order chi connectivity index (χ1) is 16.5. The van der Waals surface area contributed by atoms with E-state index in [2.05, 4.69) is 15.5 Å². The van der Waals surface area contributed by atoms with Crippen LogP contribution in [0.5, 0.6) is 17.2 Å². The van der Waals surface area contributed by atoms with Crippen LogP contribution < -0.4 is 19.5 Å². The number of halogens is 1. The number of nitrogens with one attached hydrogen (secondary N) is 1. The van der Waals surface area contributed by atoms with E-state index in [-0.39, 0.29) is 36.5 Å². The zero-order chi connectivity index (χ0) is 24.1. The molecule has 0 atom stereocenters. The van der Waals surface area contributed by atoms with Crippen LogP contribution in [0.2, 0.25) is 0 Å². The second kappa shape index (κ2) is 10.1. The number of amides is 1. The quantitative estimate of drug-likeness (QED) is 0.402. The summed E-state index contributed by atoms with van der Waals surface area (Å²) >= 11 is 0.